The first-order valence-corrected chi connectivity index (χ1v) is 6.99. The summed E-state index contributed by atoms with van der Waals surface area (Å²) >= 11 is 1.82. The van der Waals surface area contributed by atoms with E-state index in [-0.39, 0.29) is 12.4 Å². The summed E-state index contributed by atoms with van der Waals surface area (Å²) in [4.78, 5) is 1.37. The highest BCUT2D eigenvalue weighted by molar-refractivity contribution is 7.98. The smallest absolute Gasteiger partial charge is 0.0139 e. The van der Waals surface area contributed by atoms with Crippen molar-refractivity contribution in [3.05, 3.63) is 29.8 Å². The quantitative estimate of drug-likeness (QED) is 0.813. The molecule has 1 aromatic carbocycles. The Balaban J connectivity index is 0.000000963. The van der Waals surface area contributed by atoms with Crippen LogP contribution < -0.4 is 5.32 Å². The summed E-state index contributed by atoms with van der Waals surface area (Å²) in [5.74, 6) is 0.777. The SMILES string of the molecule is CSc1ccc(C2CC3CCC2N3)cc1.Cl. The molecule has 2 heterocycles. The van der Waals surface area contributed by atoms with E-state index in [4.69, 9.17) is 0 Å². The molecule has 3 rings (SSSR count). The molecule has 2 aliphatic heterocycles. The van der Waals surface area contributed by atoms with Crippen molar-refractivity contribution in [3.8, 4) is 0 Å². The minimum atomic E-state index is 0. The van der Waals surface area contributed by atoms with E-state index in [1.807, 2.05) is 11.8 Å². The van der Waals surface area contributed by atoms with Gasteiger partial charge in [0.1, 0.15) is 0 Å². The predicted molar refractivity (Wildman–Crippen MR) is 72.8 cm³/mol. The van der Waals surface area contributed by atoms with Crippen LogP contribution in [0, 0.1) is 0 Å². The van der Waals surface area contributed by atoms with Gasteiger partial charge >= 0.3 is 0 Å². The number of rotatable bonds is 2. The second-order valence-corrected chi connectivity index (χ2v) is 5.54. The maximum absolute atomic E-state index is 3.70. The van der Waals surface area contributed by atoms with E-state index in [2.05, 4.69) is 35.8 Å². The Morgan fingerprint density at radius 3 is 2.44 bits per heavy atom. The molecule has 1 aromatic rings. The molecule has 2 aliphatic rings. The van der Waals surface area contributed by atoms with Crippen molar-refractivity contribution in [1.82, 2.24) is 5.32 Å². The van der Waals surface area contributed by atoms with Crippen molar-refractivity contribution >= 4 is 24.2 Å². The van der Waals surface area contributed by atoms with Crippen molar-refractivity contribution in [1.29, 1.82) is 0 Å². The number of thioether (sulfide) groups is 1. The molecule has 3 heteroatoms. The monoisotopic (exact) mass is 255 g/mol. The Bertz CT molecular complexity index is 351. The average molecular weight is 256 g/mol. The Morgan fingerprint density at radius 1 is 1.19 bits per heavy atom. The molecule has 2 bridgehead atoms. The van der Waals surface area contributed by atoms with Gasteiger partial charge in [-0.3, -0.25) is 0 Å². The predicted octanol–water partition coefficient (Wildman–Crippen LogP) is 3.44. The van der Waals surface area contributed by atoms with Crippen molar-refractivity contribution in [3.63, 3.8) is 0 Å². The van der Waals surface area contributed by atoms with Crippen LogP contribution in [0.2, 0.25) is 0 Å². The topological polar surface area (TPSA) is 12.0 Å². The third kappa shape index (κ3) is 2.11. The van der Waals surface area contributed by atoms with Gasteiger partial charge < -0.3 is 5.32 Å². The number of benzene rings is 1. The minimum absolute atomic E-state index is 0. The molecule has 16 heavy (non-hydrogen) atoms. The molecule has 0 spiro atoms. The van der Waals surface area contributed by atoms with Crippen molar-refractivity contribution < 1.29 is 0 Å². The first-order valence-electron chi connectivity index (χ1n) is 5.77. The van der Waals surface area contributed by atoms with Crippen LogP contribution in [0.1, 0.15) is 30.7 Å². The molecule has 1 N–H and O–H groups in total. The Hall–Kier alpha value is -0.180. The number of halogens is 1. The second kappa shape index (κ2) is 4.99. The first kappa shape index (κ1) is 12.3. The third-order valence-corrected chi connectivity index (χ3v) is 4.59. The van der Waals surface area contributed by atoms with Gasteiger partial charge in [-0.25, -0.2) is 0 Å². The highest BCUT2D eigenvalue weighted by atomic mass is 35.5. The van der Waals surface area contributed by atoms with Crippen LogP contribution >= 0.6 is 24.2 Å². The maximum atomic E-state index is 3.70. The van der Waals surface area contributed by atoms with E-state index < -0.39 is 0 Å². The number of nitrogens with one attached hydrogen (secondary N) is 1. The zero-order chi connectivity index (χ0) is 10.3. The van der Waals surface area contributed by atoms with Gasteiger partial charge in [-0.1, -0.05) is 12.1 Å². The fourth-order valence-electron chi connectivity index (χ4n) is 3.04. The van der Waals surface area contributed by atoms with Gasteiger partial charge in [-0.05, 0) is 43.2 Å². The van der Waals surface area contributed by atoms with Crippen LogP contribution in [0.25, 0.3) is 0 Å². The molecule has 2 fully saturated rings. The van der Waals surface area contributed by atoms with Crippen LogP contribution in [0.15, 0.2) is 29.2 Å². The van der Waals surface area contributed by atoms with Crippen LogP contribution in [-0.4, -0.2) is 18.3 Å². The molecule has 0 radical (unpaired) electrons. The number of hydrogen-bond acceptors (Lipinski definition) is 2. The highest BCUT2D eigenvalue weighted by Crippen LogP contribution is 2.40. The van der Waals surface area contributed by atoms with E-state index in [1.54, 1.807) is 0 Å². The molecular weight excluding hydrogens is 238 g/mol. The highest BCUT2D eigenvalue weighted by Gasteiger charge is 2.39. The largest absolute Gasteiger partial charge is 0.311 e. The summed E-state index contributed by atoms with van der Waals surface area (Å²) in [6.45, 7) is 0. The normalized spacial score (nSPS) is 31.4. The van der Waals surface area contributed by atoms with E-state index >= 15 is 0 Å². The van der Waals surface area contributed by atoms with Gasteiger partial charge in [0, 0.05) is 22.9 Å². The first-order chi connectivity index (χ1) is 7.36. The molecule has 0 aromatic heterocycles. The van der Waals surface area contributed by atoms with Gasteiger partial charge in [0.15, 0.2) is 0 Å². The summed E-state index contributed by atoms with van der Waals surface area (Å²) < 4.78 is 0. The number of hydrogen-bond donors (Lipinski definition) is 1. The minimum Gasteiger partial charge on any atom is -0.311 e. The molecule has 3 atom stereocenters. The summed E-state index contributed by atoms with van der Waals surface area (Å²) in [5, 5.41) is 3.70. The zero-order valence-electron chi connectivity index (χ0n) is 9.48. The van der Waals surface area contributed by atoms with Gasteiger partial charge in [0.25, 0.3) is 0 Å². The number of fused-ring (bicyclic) bond motifs is 2. The second-order valence-electron chi connectivity index (χ2n) is 4.66. The standard InChI is InChI=1S/C13H17NS.ClH/c1-15-11-5-2-9(3-6-11)12-8-10-4-7-13(12)14-10;/h2-3,5-6,10,12-14H,4,7-8H2,1H3;1H. The van der Waals surface area contributed by atoms with Gasteiger partial charge in [-0.15, -0.1) is 24.2 Å². The molecule has 3 unspecified atom stereocenters. The Kier molecular flexibility index (Phi) is 3.83. The van der Waals surface area contributed by atoms with Crippen molar-refractivity contribution in [2.24, 2.45) is 0 Å². The lowest BCUT2D eigenvalue weighted by atomic mass is 9.84. The summed E-state index contributed by atoms with van der Waals surface area (Å²) in [6.07, 6.45) is 6.25. The lowest BCUT2D eigenvalue weighted by molar-refractivity contribution is 0.506. The zero-order valence-corrected chi connectivity index (χ0v) is 11.1. The van der Waals surface area contributed by atoms with E-state index in [0.29, 0.717) is 0 Å². The maximum Gasteiger partial charge on any atom is 0.0139 e. The Labute approximate surface area is 108 Å². The fourth-order valence-corrected chi connectivity index (χ4v) is 3.45. The van der Waals surface area contributed by atoms with Gasteiger partial charge in [0.2, 0.25) is 0 Å². The summed E-state index contributed by atoms with van der Waals surface area (Å²) in [5.41, 5.74) is 1.53. The van der Waals surface area contributed by atoms with E-state index in [1.165, 1.54) is 29.7 Å². The van der Waals surface area contributed by atoms with E-state index in [0.717, 1.165) is 18.0 Å². The summed E-state index contributed by atoms with van der Waals surface area (Å²) in [7, 11) is 0. The summed E-state index contributed by atoms with van der Waals surface area (Å²) in [6, 6.07) is 10.7. The lowest BCUT2D eigenvalue weighted by Gasteiger charge is -2.20. The molecule has 88 valence electrons. The molecule has 0 saturated carbocycles. The van der Waals surface area contributed by atoms with Crippen molar-refractivity contribution in [2.45, 2.75) is 42.2 Å². The molecule has 0 aliphatic carbocycles. The van der Waals surface area contributed by atoms with Gasteiger partial charge in [-0.2, -0.15) is 0 Å². The third-order valence-electron chi connectivity index (χ3n) is 3.84. The molecule has 0 amide bonds. The van der Waals surface area contributed by atoms with E-state index in [9.17, 15) is 0 Å². The molecular formula is C13H18ClNS. The van der Waals surface area contributed by atoms with Crippen LogP contribution in [0.4, 0.5) is 0 Å². The fraction of sp³-hybridized carbons (Fsp3) is 0.538. The lowest BCUT2D eigenvalue weighted by Crippen LogP contribution is -2.21. The van der Waals surface area contributed by atoms with Crippen molar-refractivity contribution in [2.75, 3.05) is 6.26 Å². The van der Waals surface area contributed by atoms with Crippen LogP contribution in [0.5, 0.6) is 0 Å². The van der Waals surface area contributed by atoms with Gasteiger partial charge in [0.05, 0.1) is 0 Å². The molecule has 2 saturated heterocycles. The van der Waals surface area contributed by atoms with Crippen LogP contribution in [0.3, 0.4) is 0 Å². The average Bonchev–Trinajstić information content (AvgIpc) is 2.91. The van der Waals surface area contributed by atoms with Crippen LogP contribution in [-0.2, 0) is 0 Å². The Morgan fingerprint density at radius 2 is 1.94 bits per heavy atom. The molecule has 1 nitrogen and oxygen atoms in total.